The van der Waals surface area contributed by atoms with Gasteiger partial charge in [0.15, 0.2) is 0 Å². The summed E-state index contributed by atoms with van der Waals surface area (Å²) < 4.78 is 10.8. The van der Waals surface area contributed by atoms with E-state index < -0.39 is 12.0 Å². The number of halogens is 2. The van der Waals surface area contributed by atoms with E-state index in [0.717, 1.165) is 0 Å². The molecule has 0 unspecified atom stereocenters. The molecule has 3 rings (SSSR count). The Balaban J connectivity index is 1.69. The van der Waals surface area contributed by atoms with Gasteiger partial charge >= 0.3 is 5.97 Å². The lowest BCUT2D eigenvalue weighted by molar-refractivity contribution is -0.154. The largest absolute Gasteiger partial charge is 0.466 e. The van der Waals surface area contributed by atoms with E-state index in [-0.39, 0.29) is 17.9 Å². The van der Waals surface area contributed by atoms with Crippen LogP contribution in [0.5, 0.6) is 0 Å². The molecule has 1 aliphatic heterocycles. The summed E-state index contributed by atoms with van der Waals surface area (Å²) in [5, 5.41) is 0.610. The molecule has 0 N–H and O–H groups in total. The van der Waals surface area contributed by atoms with Crippen LogP contribution in [0.25, 0.3) is 0 Å². The third-order valence-electron chi connectivity index (χ3n) is 3.81. The molecule has 2 aromatic rings. The van der Waals surface area contributed by atoms with Crippen molar-refractivity contribution < 1.29 is 18.7 Å². The quantitative estimate of drug-likeness (QED) is 0.717. The summed E-state index contributed by atoms with van der Waals surface area (Å²) in [6.07, 6.45) is 1.54. The first-order valence-electron chi connectivity index (χ1n) is 7.52. The van der Waals surface area contributed by atoms with E-state index in [1.165, 1.54) is 23.6 Å². The number of rotatable bonds is 4. The zero-order valence-electron chi connectivity index (χ0n) is 13.3. The van der Waals surface area contributed by atoms with Gasteiger partial charge in [0.1, 0.15) is 23.8 Å². The van der Waals surface area contributed by atoms with Gasteiger partial charge in [-0.15, -0.1) is 11.8 Å². The van der Waals surface area contributed by atoms with Gasteiger partial charge in [0.2, 0.25) is 5.91 Å². The Morgan fingerprint density at radius 3 is 2.80 bits per heavy atom. The standard InChI is InChI=1S/C17H15Cl2NO4S/c1-10(21)20-14(9-25-16(20)15-3-2-6-23-15)17(22)24-8-11-4-5-12(18)7-13(11)19/h2-7,14,16H,8-9H2,1H3/t14-,16+/m1/s1. The number of benzene rings is 1. The normalized spacial score (nSPS) is 19.9. The predicted octanol–water partition coefficient (Wildman–Crippen LogP) is 4.29. The second kappa shape index (κ2) is 7.72. The van der Waals surface area contributed by atoms with Gasteiger partial charge in [-0.25, -0.2) is 4.79 Å². The van der Waals surface area contributed by atoms with Crippen LogP contribution < -0.4 is 0 Å². The Morgan fingerprint density at radius 2 is 2.16 bits per heavy atom. The van der Waals surface area contributed by atoms with Gasteiger partial charge < -0.3 is 14.1 Å². The molecule has 5 nitrogen and oxygen atoms in total. The number of furan rings is 1. The molecule has 132 valence electrons. The number of carbonyl (C=O) groups excluding carboxylic acids is 2. The average molecular weight is 400 g/mol. The average Bonchev–Trinajstić information content (AvgIpc) is 3.22. The summed E-state index contributed by atoms with van der Waals surface area (Å²) in [4.78, 5) is 26.1. The highest BCUT2D eigenvalue weighted by Gasteiger charge is 2.43. The maximum Gasteiger partial charge on any atom is 0.330 e. The third kappa shape index (κ3) is 3.97. The second-order valence-electron chi connectivity index (χ2n) is 5.49. The summed E-state index contributed by atoms with van der Waals surface area (Å²) in [6.45, 7) is 1.45. The fraction of sp³-hybridized carbons (Fsp3) is 0.294. The molecular formula is C17H15Cl2NO4S. The molecule has 25 heavy (non-hydrogen) atoms. The molecule has 0 saturated carbocycles. The topological polar surface area (TPSA) is 59.8 Å². The maximum absolute atomic E-state index is 12.5. The molecule has 1 aromatic heterocycles. The molecule has 0 aliphatic carbocycles. The van der Waals surface area contributed by atoms with Crippen molar-refractivity contribution in [2.45, 2.75) is 24.9 Å². The van der Waals surface area contributed by atoms with Gasteiger partial charge in [0.25, 0.3) is 0 Å². The minimum atomic E-state index is -0.663. The Labute approximate surface area is 159 Å². The van der Waals surface area contributed by atoms with Crippen molar-refractivity contribution >= 4 is 46.8 Å². The monoisotopic (exact) mass is 399 g/mol. The van der Waals surface area contributed by atoms with Crippen molar-refractivity contribution in [3.8, 4) is 0 Å². The highest BCUT2D eigenvalue weighted by molar-refractivity contribution is 7.99. The van der Waals surface area contributed by atoms with Crippen LogP contribution in [0.15, 0.2) is 41.0 Å². The van der Waals surface area contributed by atoms with Gasteiger partial charge in [-0.05, 0) is 24.3 Å². The van der Waals surface area contributed by atoms with E-state index in [1.54, 1.807) is 36.6 Å². The van der Waals surface area contributed by atoms with E-state index in [1.807, 2.05) is 0 Å². The number of ether oxygens (including phenoxy) is 1. The van der Waals surface area contributed by atoms with E-state index in [9.17, 15) is 9.59 Å². The van der Waals surface area contributed by atoms with E-state index in [4.69, 9.17) is 32.4 Å². The molecule has 2 atom stereocenters. The molecule has 1 fully saturated rings. The Kier molecular flexibility index (Phi) is 5.61. The second-order valence-corrected chi connectivity index (χ2v) is 7.44. The highest BCUT2D eigenvalue weighted by Crippen LogP contribution is 2.41. The van der Waals surface area contributed by atoms with E-state index >= 15 is 0 Å². The predicted molar refractivity (Wildman–Crippen MR) is 96.5 cm³/mol. The number of hydrogen-bond donors (Lipinski definition) is 0. The maximum atomic E-state index is 12.5. The van der Waals surface area contributed by atoms with Crippen LogP contribution in [0.4, 0.5) is 0 Å². The van der Waals surface area contributed by atoms with Crippen LogP contribution in [0, 0.1) is 0 Å². The molecule has 1 saturated heterocycles. The molecule has 0 spiro atoms. The number of nitrogens with zero attached hydrogens (tertiary/aromatic N) is 1. The van der Waals surface area contributed by atoms with Crippen LogP contribution in [0.1, 0.15) is 23.6 Å². The zero-order valence-corrected chi connectivity index (χ0v) is 15.6. The number of thioether (sulfide) groups is 1. The van der Waals surface area contributed by atoms with Crippen molar-refractivity contribution in [3.63, 3.8) is 0 Å². The molecular weight excluding hydrogens is 385 g/mol. The number of hydrogen-bond acceptors (Lipinski definition) is 5. The van der Waals surface area contributed by atoms with Gasteiger partial charge in [0.05, 0.1) is 6.26 Å². The summed E-state index contributed by atoms with van der Waals surface area (Å²) in [6, 6.07) is 7.85. The fourth-order valence-electron chi connectivity index (χ4n) is 2.61. The van der Waals surface area contributed by atoms with Crippen LogP contribution >= 0.6 is 35.0 Å². The number of esters is 1. The van der Waals surface area contributed by atoms with Crippen LogP contribution in [-0.2, 0) is 20.9 Å². The summed E-state index contributed by atoms with van der Waals surface area (Å²) in [5.41, 5.74) is 0.655. The Morgan fingerprint density at radius 1 is 1.36 bits per heavy atom. The van der Waals surface area contributed by atoms with Crippen molar-refractivity contribution in [2.24, 2.45) is 0 Å². The molecule has 1 aromatic carbocycles. The third-order valence-corrected chi connectivity index (χ3v) is 5.68. The highest BCUT2D eigenvalue weighted by atomic mass is 35.5. The van der Waals surface area contributed by atoms with Crippen molar-refractivity contribution in [1.82, 2.24) is 4.90 Å². The van der Waals surface area contributed by atoms with E-state index in [2.05, 4.69) is 0 Å². The van der Waals surface area contributed by atoms with E-state index in [0.29, 0.717) is 27.1 Å². The Hall–Kier alpha value is -1.63. The lowest BCUT2D eigenvalue weighted by Crippen LogP contribution is -2.42. The summed E-state index contributed by atoms with van der Waals surface area (Å²) >= 11 is 13.4. The number of carbonyl (C=O) groups is 2. The molecule has 8 heteroatoms. The minimum absolute atomic E-state index is 0.0210. The molecule has 2 heterocycles. The van der Waals surface area contributed by atoms with Gasteiger partial charge in [0, 0.05) is 28.3 Å². The summed E-state index contributed by atoms with van der Waals surface area (Å²) in [5.74, 6) is 0.398. The molecule has 0 bridgehead atoms. The minimum Gasteiger partial charge on any atom is -0.466 e. The lowest BCUT2D eigenvalue weighted by Gasteiger charge is -2.25. The SMILES string of the molecule is CC(=O)N1[C@@H](C(=O)OCc2ccc(Cl)cc2Cl)CS[C@H]1c1ccco1. The van der Waals surface area contributed by atoms with Crippen molar-refractivity contribution in [1.29, 1.82) is 0 Å². The molecule has 1 amide bonds. The van der Waals surface area contributed by atoms with Crippen LogP contribution in [0.3, 0.4) is 0 Å². The van der Waals surface area contributed by atoms with Crippen LogP contribution in [-0.4, -0.2) is 28.6 Å². The lowest BCUT2D eigenvalue weighted by atomic mass is 10.2. The first kappa shape index (κ1) is 18.2. The first-order chi connectivity index (χ1) is 12.0. The Bertz CT molecular complexity index is 781. The van der Waals surface area contributed by atoms with Gasteiger partial charge in [-0.2, -0.15) is 0 Å². The van der Waals surface area contributed by atoms with Crippen molar-refractivity contribution in [3.05, 3.63) is 58.0 Å². The fourth-order valence-corrected chi connectivity index (χ4v) is 4.49. The van der Waals surface area contributed by atoms with Crippen LogP contribution in [0.2, 0.25) is 10.0 Å². The number of amides is 1. The summed E-state index contributed by atoms with van der Waals surface area (Å²) in [7, 11) is 0. The molecule has 1 aliphatic rings. The zero-order chi connectivity index (χ0) is 18.0. The molecule has 0 radical (unpaired) electrons. The van der Waals surface area contributed by atoms with Crippen molar-refractivity contribution in [2.75, 3.05) is 5.75 Å². The first-order valence-corrected chi connectivity index (χ1v) is 9.32. The smallest absolute Gasteiger partial charge is 0.330 e. The van der Waals surface area contributed by atoms with Gasteiger partial charge in [-0.3, -0.25) is 4.79 Å². The van der Waals surface area contributed by atoms with Gasteiger partial charge in [-0.1, -0.05) is 29.3 Å².